The van der Waals surface area contributed by atoms with Crippen molar-refractivity contribution in [1.29, 1.82) is 0 Å². The van der Waals surface area contributed by atoms with Gasteiger partial charge in [0.25, 0.3) is 0 Å². The van der Waals surface area contributed by atoms with Crippen LogP contribution in [0.5, 0.6) is 5.75 Å². The fourth-order valence-corrected chi connectivity index (χ4v) is 2.00. The van der Waals surface area contributed by atoms with Crippen molar-refractivity contribution in [3.05, 3.63) is 42.0 Å². The smallest absolute Gasteiger partial charge is 0.168 e. The summed E-state index contributed by atoms with van der Waals surface area (Å²) in [6.07, 6.45) is 0. The van der Waals surface area contributed by atoms with Crippen LogP contribution in [0.15, 0.2) is 36.4 Å². The van der Waals surface area contributed by atoms with Gasteiger partial charge in [-0.05, 0) is 17.5 Å². The van der Waals surface area contributed by atoms with E-state index in [9.17, 15) is 4.79 Å². The highest BCUT2D eigenvalue weighted by molar-refractivity contribution is 6.03. The van der Waals surface area contributed by atoms with Gasteiger partial charge in [-0.25, -0.2) is 0 Å². The molecule has 2 nitrogen and oxygen atoms in total. The van der Waals surface area contributed by atoms with Crippen LogP contribution in [0.2, 0.25) is 0 Å². The van der Waals surface area contributed by atoms with Gasteiger partial charge in [-0.2, -0.15) is 0 Å². The number of fused-ring (bicyclic) bond motifs is 1. The molecule has 94 valence electrons. The fraction of sp³-hybridized carbons (Fsp3) is 0.312. The number of hydrogen-bond acceptors (Lipinski definition) is 2. The zero-order valence-electron chi connectivity index (χ0n) is 11.3. The number of Topliss-reactive ketones (excluding diaryl/α,β-unsaturated/α-hetero) is 1. The van der Waals surface area contributed by atoms with Crippen LogP contribution in [0.3, 0.4) is 0 Å². The second-order valence-electron chi connectivity index (χ2n) is 5.48. The number of rotatable bonds is 2. The average molecular weight is 242 g/mol. The summed E-state index contributed by atoms with van der Waals surface area (Å²) < 4.78 is 5.34. The molecule has 2 rings (SSSR count). The molecule has 2 aromatic carbocycles. The predicted octanol–water partition coefficient (Wildman–Crippen LogP) is 4.08. The van der Waals surface area contributed by atoms with Crippen LogP contribution < -0.4 is 4.74 Å². The van der Waals surface area contributed by atoms with E-state index in [0.717, 1.165) is 22.1 Å². The molecule has 0 aliphatic carbocycles. The van der Waals surface area contributed by atoms with Crippen LogP contribution in [0.1, 0.15) is 31.1 Å². The number of carbonyl (C=O) groups is 1. The van der Waals surface area contributed by atoms with Gasteiger partial charge in [-0.15, -0.1) is 0 Å². The summed E-state index contributed by atoms with van der Waals surface area (Å²) in [5.41, 5.74) is 0.370. The van der Waals surface area contributed by atoms with Crippen molar-refractivity contribution in [3.63, 3.8) is 0 Å². The van der Waals surface area contributed by atoms with Crippen molar-refractivity contribution in [1.82, 2.24) is 0 Å². The Morgan fingerprint density at radius 2 is 1.83 bits per heavy atom. The number of benzene rings is 2. The molecule has 0 radical (unpaired) electrons. The van der Waals surface area contributed by atoms with Crippen LogP contribution in [-0.4, -0.2) is 12.9 Å². The maximum atomic E-state index is 12.3. The van der Waals surface area contributed by atoms with Crippen molar-refractivity contribution in [2.24, 2.45) is 5.41 Å². The minimum atomic E-state index is -0.365. The Morgan fingerprint density at radius 3 is 2.44 bits per heavy atom. The standard InChI is InChI=1S/C16H18O2/c1-16(2,3)15(17)12-9-8-11-6-5-7-14(18-4)13(11)10-12/h5-10H,1-4H3. The molecule has 0 N–H and O–H groups in total. The average Bonchev–Trinajstić information content (AvgIpc) is 2.35. The molecule has 0 bridgehead atoms. The van der Waals surface area contributed by atoms with Crippen molar-refractivity contribution < 1.29 is 9.53 Å². The Bertz CT molecular complexity index is 592. The molecule has 0 aliphatic heterocycles. The Morgan fingerprint density at radius 1 is 1.11 bits per heavy atom. The van der Waals surface area contributed by atoms with E-state index in [2.05, 4.69) is 0 Å². The van der Waals surface area contributed by atoms with Gasteiger partial charge in [0.15, 0.2) is 5.78 Å². The van der Waals surface area contributed by atoms with Crippen LogP contribution >= 0.6 is 0 Å². The van der Waals surface area contributed by atoms with E-state index >= 15 is 0 Å². The van der Waals surface area contributed by atoms with Gasteiger partial charge >= 0.3 is 0 Å². The molecule has 18 heavy (non-hydrogen) atoms. The van der Waals surface area contributed by atoms with Crippen molar-refractivity contribution in [2.75, 3.05) is 7.11 Å². The summed E-state index contributed by atoms with van der Waals surface area (Å²) >= 11 is 0. The SMILES string of the molecule is COc1cccc2ccc(C(=O)C(C)(C)C)cc12. The topological polar surface area (TPSA) is 26.3 Å². The normalized spacial score (nSPS) is 11.6. The van der Waals surface area contributed by atoms with Gasteiger partial charge < -0.3 is 4.74 Å². The van der Waals surface area contributed by atoms with Crippen LogP contribution in [0, 0.1) is 5.41 Å². The Labute approximate surface area is 108 Å². The maximum absolute atomic E-state index is 12.3. The van der Waals surface area contributed by atoms with Gasteiger partial charge in [0.1, 0.15) is 5.75 Å². The first kappa shape index (κ1) is 12.6. The zero-order chi connectivity index (χ0) is 13.3. The van der Waals surface area contributed by atoms with E-state index in [-0.39, 0.29) is 11.2 Å². The number of carbonyl (C=O) groups excluding carboxylic acids is 1. The number of ether oxygens (including phenoxy) is 1. The van der Waals surface area contributed by atoms with E-state index in [4.69, 9.17) is 4.74 Å². The number of methoxy groups -OCH3 is 1. The van der Waals surface area contributed by atoms with E-state index < -0.39 is 0 Å². The minimum absolute atomic E-state index is 0.148. The van der Waals surface area contributed by atoms with E-state index in [1.54, 1.807) is 7.11 Å². The summed E-state index contributed by atoms with van der Waals surface area (Å²) in [5, 5.41) is 2.06. The Kier molecular flexibility index (Phi) is 3.12. The molecule has 0 heterocycles. The Balaban J connectivity index is 2.60. The molecule has 0 saturated heterocycles. The van der Waals surface area contributed by atoms with Gasteiger partial charge in [0.2, 0.25) is 0 Å². The van der Waals surface area contributed by atoms with E-state index in [0.29, 0.717) is 0 Å². The third-order valence-corrected chi connectivity index (χ3v) is 3.01. The first-order chi connectivity index (χ1) is 8.43. The van der Waals surface area contributed by atoms with E-state index in [1.165, 1.54) is 0 Å². The summed E-state index contributed by atoms with van der Waals surface area (Å²) in [4.78, 5) is 12.3. The molecular weight excluding hydrogens is 224 g/mol. The molecule has 2 heteroatoms. The predicted molar refractivity (Wildman–Crippen MR) is 74.3 cm³/mol. The molecule has 0 aromatic heterocycles. The molecule has 0 unspecified atom stereocenters. The van der Waals surface area contributed by atoms with E-state index in [1.807, 2.05) is 57.2 Å². The lowest BCUT2D eigenvalue weighted by atomic mass is 9.86. The fourth-order valence-electron chi connectivity index (χ4n) is 2.00. The lowest BCUT2D eigenvalue weighted by Gasteiger charge is -2.17. The van der Waals surface area contributed by atoms with Crippen LogP contribution in [0.4, 0.5) is 0 Å². The highest BCUT2D eigenvalue weighted by Gasteiger charge is 2.23. The number of hydrogen-bond donors (Lipinski definition) is 0. The van der Waals surface area contributed by atoms with Crippen LogP contribution in [-0.2, 0) is 0 Å². The summed E-state index contributed by atoms with van der Waals surface area (Å²) in [6, 6.07) is 11.7. The second kappa shape index (κ2) is 4.45. The summed E-state index contributed by atoms with van der Waals surface area (Å²) in [5.74, 6) is 0.950. The first-order valence-corrected chi connectivity index (χ1v) is 6.05. The van der Waals surface area contributed by atoms with Crippen molar-refractivity contribution in [2.45, 2.75) is 20.8 Å². The van der Waals surface area contributed by atoms with Crippen molar-refractivity contribution in [3.8, 4) is 5.75 Å². The lowest BCUT2D eigenvalue weighted by Crippen LogP contribution is -2.20. The van der Waals surface area contributed by atoms with Gasteiger partial charge in [0, 0.05) is 16.4 Å². The molecule has 0 amide bonds. The highest BCUT2D eigenvalue weighted by atomic mass is 16.5. The summed E-state index contributed by atoms with van der Waals surface area (Å²) in [6.45, 7) is 5.80. The summed E-state index contributed by atoms with van der Waals surface area (Å²) in [7, 11) is 1.65. The Hall–Kier alpha value is -1.83. The third kappa shape index (κ3) is 2.23. The van der Waals surface area contributed by atoms with Gasteiger partial charge in [0.05, 0.1) is 7.11 Å². The monoisotopic (exact) mass is 242 g/mol. The van der Waals surface area contributed by atoms with Gasteiger partial charge in [-0.1, -0.05) is 45.0 Å². The molecular formula is C16H18O2. The molecule has 0 aliphatic rings. The number of ketones is 1. The largest absolute Gasteiger partial charge is 0.496 e. The second-order valence-corrected chi connectivity index (χ2v) is 5.48. The molecule has 0 spiro atoms. The molecule has 0 fully saturated rings. The molecule has 0 atom stereocenters. The highest BCUT2D eigenvalue weighted by Crippen LogP contribution is 2.29. The maximum Gasteiger partial charge on any atom is 0.168 e. The van der Waals surface area contributed by atoms with Crippen LogP contribution in [0.25, 0.3) is 10.8 Å². The molecule has 0 saturated carbocycles. The first-order valence-electron chi connectivity index (χ1n) is 6.05. The van der Waals surface area contributed by atoms with Gasteiger partial charge in [-0.3, -0.25) is 4.79 Å². The van der Waals surface area contributed by atoms with Crippen molar-refractivity contribution >= 4 is 16.6 Å². The zero-order valence-corrected chi connectivity index (χ0v) is 11.3. The quantitative estimate of drug-likeness (QED) is 0.742. The third-order valence-electron chi connectivity index (χ3n) is 3.01. The lowest BCUT2D eigenvalue weighted by molar-refractivity contribution is 0.0858. The molecule has 2 aromatic rings. The minimum Gasteiger partial charge on any atom is -0.496 e.